The van der Waals surface area contributed by atoms with Gasteiger partial charge >= 0.3 is 0 Å². The van der Waals surface area contributed by atoms with Crippen molar-refractivity contribution >= 4 is 23.2 Å². The number of aryl methyl sites for hydroxylation is 2. The molecule has 0 radical (unpaired) electrons. The summed E-state index contributed by atoms with van der Waals surface area (Å²) in [6.45, 7) is 4.21. The average molecular weight is 394 g/mol. The maximum absolute atomic E-state index is 12.7. The van der Waals surface area contributed by atoms with Crippen LogP contribution in [0.15, 0.2) is 36.4 Å². The Morgan fingerprint density at radius 3 is 2.07 bits per heavy atom. The number of carbonyl (C=O) groups is 2. The molecule has 2 aromatic rings. The van der Waals surface area contributed by atoms with E-state index in [4.69, 9.17) is 9.47 Å². The summed E-state index contributed by atoms with van der Waals surface area (Å²) in [5, 5.41) is 6.06. The van der Waals surface area contributed by atoms with Crippen LogP contribution >= 0.6 is 0 Å². The number of fused-ring (bicyclic) bond motifs is 1. The molecule has 0 saturated heterocycles. The molecular weight excluding hydrogens is 368 g/mol. The smallest absolute Gasteiger partial charge is 0.231 e. The molecule has 0 atom stereocenters. The van der Waals surface area contributed by atoms with E-state index in [-0.39, 0.29) is 30.4 Å². The van der Waals surface area contributed by atoms with Crippen LogP contribution in [0.1, 0.15) is 36.8 Å². The molecule has 1 aliphatic heterocycles. The molecule has 1 heterocycles. The van der Waals surface area contributed by atoms with Crippen LogP contribution in [-0.2, 0) is 9.59 Å². The minimum atomic E-state index is -0.0790. The summed E-state index contributed by atoms with van der Waals surface area (Å²) in [5.41, 5.74) is 3.74. The summed E-state index contributed by atoms with van der Waals surface area (Å²) in [6, 6.07) is 11.4. The molecule has 4 rings (SSSR count). The number of hydrogen-bond donors (Lipinski definition) is 2. The third kappa shape index (κ3) is 4.21. The van der Waals surface area contributed by atoms with Crippen molar-refractivity contribution in [2.75, 3.05) is 17.4 Å². The van der Waals surface area contributed by atoms with Gasteiger partial charge in [0.25, 0.3) is 0 Å². The van der Waals surface area contributed by atoms with Crippen molar-refractivity contribution in [3.05, 3.63) is 47.5 Å². The summed E-state index contributed by atoms with van der Waals surface area (Å²) in [7, 11) is 0. The lowest BCUT2D eigenvalue weighted by Crippen LogP contribution is -2.32. The fraction of sp³-hybridized carbons (Fsp3) is 0.391. The van der Waals surface area contributed by atoms with Gasteiger partial charge in [0.15, 0.2) is 11.5 Å². The van der Waals surface area contributed by atoms with E-state index in [9.17, 15) is 9.59 Å². The van der Waals surface area contributed by atoms with Crippen molar-refractivity contribution in [1.82, 2.24) is 0 Å². The van der Waals surface area contributed by atoms with E-state index in [1.54, 1.807) is 12.1 Å². The fourth-order valence-corrected chi connectivity index (χ4v) is 4.07. The molecule has 2 aromatic carbocycles. The van der Waals surface area contributed by atoms with Gasteiger partial charge < -0.3 is 20.1 Å². The van der Waals surface area contributed by atoms with Crippen molar-refractivity contribution in [1.29, 1.82) is 0 Å². The number of carbonyl (C=O) groups excluding carboxylic acids is 2. The van der Waals surface area contributed by atoms with Gasteiger partial charge in [0.05, 0.1) is 0 Å². The molecule has 0 unspecified atom stereocenters. The van der Waals surface area contributed by atoms with Crippen molar-refractivity contribution in [2.45, 2.75) is 39.5 Å². The molecule has 6 heteroatoms. The zero-order valence-corrected chi connectivity index (χ0v) is 16.8. The van der Waals surface area contributed by atoms with Gasteiger partial charge in [0, 0.05) is 29.3 Å². The zero-order valence-electron chi connectivity index (χ0n) is 16.8. The number of nitrogens with one attached hydrogen (secondary N) is 2. The number of ether oxygens (including phenoxy) is 2. The quantitative estimate of drug-likeness (QED) is 0.805. The SMILES string of the molecule is Cc1cccc(C)c1NC(=O)C1CCC(C(=O)Nc2ccc3c(c2)OCO3)CC1. The minimum Gasteiger partial charge on any atom is -0.454 e. The minimum absolute atomic E-state index is 0.00234. The standard InChI is InChI=1S/C23H26N2O4/c1-14-4-3-5-15(2)21(14)25-23(27)17-8-6-16(7-9-17)22(26)24-18-10-11-19-20(12-18)29-13-28-19/h3-5,10-12,16-17H,6-9,13H2,1-2H3,(H,24,26)(H,25,27). The van der Waals surface area contributed by atoms with Crippen LogP contribution in [0.2, 0.25) is 0 Å². The third-order valence-corrected chi connectivity index (χ3v) is 5.84. The van der Waals surface area contributed by atoms with Crippen LogP contribution in [0.5, 0.6) is 11.5 Å². The van der Waals surface area contributed by atoms with Crippen LogP contribution in [0.3, 0.4) is 0 Å². The summed E-state index contributed by atoms with van der Waals surface area (Å²) >= 11 is 0. The molecule has 2 N–H and O–H groups in total. The van der Waals surface area contributed by atoms with Crippen LogP contribution in [0.4, 0.5) is 11.4 Å². The monoisotopic (exact) mass is 394 g/mol. The first-order chi connectivity index (χ1) is 14.0. The number of benzene rings is 2. The molecule has 0 bridgehead atoms. The largest absolute Gasteiger partial charge is 0.454 e. The number of amides is 2. The molecule has 1 fully saturated rings. The highest BCUT2D eigenvalue weighted by Gasteiger charge is 2.30. The van der Waals surface area contributed by atoms with Gasteiger partial charge in [-0.25, -0.2) is 0 Å². The Morgan fingerprint density at radius 2 is 1.41 bits per heavy atom. The van der Waals surface area contributed by atoms with Gasteiger partial charge in [-0.1, -0.05) is 18.2 Å². The molecule has 2 aliphatic rings. The van der Waals surface area contributed by atoms with Gasteiger partial charge in [0.2, 0.25) is 18.6 Å². The lowest BCUT2D eigenvalue weighted by atomic mass is 9.81. The Hall–Kier alpha value is -3.02. The summed E-state index contributed by atoms with van der Waals surface area (Å²) in [5.74, 6) is 1.26. The third-order valence-electron chi connectivity index (χ3n) is 5.84. The highest BCUT2D eigenvalue weighted by atomic mass is 16.7. The van der Waals surface area contributed by atoms with E-state index in [1.807, 2.05) is 38.1 Å². The molecule has 6 nitrogen and oxygen atoms in total. The highest BCUT2D eigenvalue weighted by molar-refractivity contribution is 5.95. The summed E-state index contributed by atoms with van der Waals surface area (Å²) in [6.07, 6.45) is 2.86. The van der Waals surface area contributed by atoms with Crippen LogP contribution in [-0.4, -0.2) is 18.6 Å². The Morgan fingerprint density at radius 1 is 0.828 bits per heavy atom. The fourth-order valence-electron chi connectivity index (χ4n) is 4.07. The van der Waals surface area contributed by atoms with Crippen LogP contribution < -0.4 is 20.1 Å². The van der Waals surface area contributed by atoms with Crippen LogP contribution in [0, 0.1) is 25.7 Å². The van der Waals surface area contributed by atoms with Crippen LogP contribution in [0.25, 0.3) is 0 Å². The van der Waals surface area contributed by atoms with E-state index >= 15 is 0 Å². The highest BCUT2D eigenvalue weighted by Crippen LogP contribution is 2.35. The second-order valence-corrected chi connectivity index (χ2v) is 7.86. The van der Waals surface area contributed by atoms with E-state index in [0.29, 0.717) is 30.0 Å². The predicted molar refractivity (Wildman–Crippen MR) is 111 cm³/mol. The van der Waals surface area contributed by atoms with Gasteiger partial charge in [0.1, 0.15) is 0 Å². The Balaban J connectivity index is 1.30. The van der Waals surface area contributed by atoms with Gasteiger partial charge in [-0.15, -0.1) is 0 Å². The molecule has 0 aromatic heterocycles. The van der Waals surface area contributed by atoms with E-state index in [0.717, 1.165) is 29.7 Å². The molecule has 0 spiro atoms. The number of para-hydroxylation sites is 1. The van der Waals surface area contributed by atoms with E-state index in [2.05, 4.69) is 10.6 Å². The van der Waals surface area contributed by atoms with Gasteiger partial charge in [-0.05, 0) is 62.8 Å². The first-order valence-corrected chi connectivity index (χ1v) is 10.1. The molecular formula is C23H26N2O4. The summed E-state index contributed by atoms with van der Waals surface area (Å²) in [4.78, 5) is 25.4. The first-order valence-electron chi connectivity index (χ1n) is 10.1. The van der Waals surface area contributed by atoms with Crippen molar-refractivity contribution in [2.24, 2.45) is 11.8 Å². The van der Waals surface area contributed by atoms with Crippen molar-refractivity contribution in [3.8, 4) is 11.5 Å². The van der Waals surface area contributed by atoms with E-state index in [1.165, 1.54) is 0 Å². The molecule has 152 valence electrons. The number of anilines is 2. The average Bonchev–Trinajstić information content (AvgIpc) is 3.18. The maximum Gasteiger partial charge on any atom is 0.231 e. The lowest BCUT2D eigenvalue weighted by molar-refractivity contribution is -0.125. The van der Waals surface area contributed by atoms with Gasteiger partial charge in [-0.3, -0.25) is 9.59 Å². The summed E-state index contributed by atoms with van der Waals surface area (Å²) < 4.78 is 10.6. The maximum atomic E-state index is 12.7. The molecule has 29 heavy (non-hydrogen) atoms. The van der Waals surface area contributed by atoms with Gasteiger partial charge in [-0.2, -0.15) is 0 Å². The molecule has 2 amide bonds. The second-order valence-electron chi connectivity index (χ2n) is 7.86. The Kier molecular flexibility index (Phi) is 5.43. The van der Waals surface area contributed by atoms with E-state index < -0.39 is 0 Å². The predicted octanol–water partition coefficient (Wildman–Crippen LogP) is 4.42. The number of rotatable bonds is 4. The topological polar surface area (TPSA) is 76.7 Å². The normalized spacial score (nSPS) is 20.2. The number of hydrogen-bond acceptors (Lipinski definition) is 4. The zero-order chi connectivity index (χ0) is 20.4. The van der Waals surface area contributed by atoms with Crippen molar-refractivity contribution in [3.63, 3.8) is 0 Å². The molecule has 1 saturated carbocycles. The first kappa shape index (κ1) is 19.3. The Bertz CT molecular complexity index is 912. The Labute approximate surface area is 170 Å². The second kappa shape index (κ2) is 8.15. The van der Waals surface area contributed by atoms with Crippen molar-refractivity contribution < 1.29 is 19.1 Å². The molecule has 1 aliphatic carbocycles. The lowest BCUT2D eigenvalue weighted by Gasteiger charge is -2.27.